The van der Waals surface area contributed by atoms with E-state index in [1.807, 2.05) is 24.0 Å². The summed E-state index contributed by atoms with van der Waals surface area (Å²) in [6.07, 6.45) is 2.41. The summed E-state index contributed by atoms with van der Waals surface area (Å²) in [4.78, 5) is 34.0. The number of imidazole rings is 1. The number of nitrogens with zero attached hydrogens (tertiary/aromatic N) is 3. The molecule has 24 heavy (non-hydrogen) atoms. The van der Waals surface area contributed by atoms with Crippen molar-refractivity contribution in [2.24, 2.45) is 0 Å². The molecule has 4 rings (SSSR count). The van der Waals surface area contributed by atoms with E-state index < -0.39 is 5.92 Å². The molecule has 2 N–H and O–H groups in total. The number of H-pyrrole nitrogens is 2. The minimum Gasteiger partial charge on any atom is -0.347 e. The maximum atomic E-state index is 12.9. The molecule has 1 aliphatic heterocycles. The first-order valence-electron chi connectivity index (χ1n) is 7.92. The van der Waals surface area contributed by atoms with Crippen molar-refractivity contribution in [3.8, 4) is 0 Å². The fourth-order valence-electron chi connectivity index (χ4n) is 3.26. The summed E-state index contributed by atoms with van der Waals surface area (Å²) in [5, 5.41) is 7.93. The molecule has 0 fully saturated rings. The number of carbonyl (C=O) groups is 1. The number of carbonyl (C=O) groups excluding carboxylic acids is 1. The number of amides is 1. The van der Waals surface area contributed by atoms with Gasteiger partial charge in [-0.1, -0.05) is 18.2 Å². The van der Waals surface area contributed by atoms with Gasteiger partial charge in [-0.25, -0.2) is 10.1 Å². The predicted octanol–water partition coefficient (Wildman–Crippen LogP) is 1.33. The number of hydrogen-bond donors (Lipinski definition) is 2. The van der Waals surface area contributed by atoms with E-state index in [0.717, 1.165) is 23.2 Å². The summed E-state index contributed by atoms with van der Waals surface area (Å²) >= 11 is 0. The Morgan fingerprint density at radius 3 is 2.92 bits per heavy atom. The Bertz CT molecular complexity index is 974. The number of nitrogens with one attached hydrogen (secondary N) is 2. The number of fused-ring (bicyclic) bond motifs is 2. The fourth-order valence-corrected chi connectivity index (χ4v) is 3.26. The van der Waals surface area contributed by atoms with Gasteiger partial charge in [0.1, 0.15) is 0 Å². The van der Waals surface area contributed by atoms with Crippen molar-refractivity contribution in [1.29, 1.82) is 0 Å². The second-order valence-electron chi connectivity index (χ2n) is 6.04. The van der Waals surface area contributed by atoms with Gasteiger partial charge in [-0.2, -0.15) is 5.10 Å². The zero-order valence-corrected chi connectivity index (χ0v) is 13.2. The van der Waals surface area contributed by atoms with Gasteiger partial charge in [-0.05, 0) is 13.0 Å². The molecule has 1 unspecified atom stereocenters. The summed E-state index contributed by atoms with van der Waals surface area (Å²) in [7, 11) is 0. The lowest BCUT2D eigenvalue weighted by atomic mass is 9.99. The van der Waals surface area contributed by atoms with Crippen molar-refractivity contribution in [3.63, 3.8) is 0 Å². The van der Waals surface area contributed by atoms with E-state index in [1.165, 1.54) is 0 Å². The predicted molar refractivity (Wildman–Crippen MR) is 88.5 cm³/mol. The highest BCUT2D eigenvalue weighted by Gasteiger charge is 2.28. The van der Waals surface area contributed by atoms with Crippen LogP contribution >= 0.6 is 0 Å². The first-order chi connectivity index (χ1) is 11.6. The summed E-state index contributed by atoms with van der Waals surface area (Å²) < 4.78 is 0. The van der Waals surface area contributed by atoms with Crippen LogP contribution in [0.3, 0.4) is 0 Å². The second-order valence-corrected chi connectivity index (χ2v) is 6.04. The van der Waals surface area contributed by atoms with E-state index in [4.69, 9.17) is 0 Å². The molecule has 0 saturated heterocycles. The number of benzene rings is 1. The standard InChI is InChI=1S/C17H17N5O2/c1-10(15-11-4-2-3-5-12(11)16(23)21-20-15)17(24)22-7-6-13-14(8-22)19-9-18-13/h2-5,9-10H,6-8H2,1H3,(H,18,19)(H,21,23). The molecule has 0 aliphatic carbocycles. The van der Waals surface area contributed by atoms with Gasteiger partial charge in [0.05, 0.1) is 41.3 Å². The number of rotatable bonds is 2. The van der Waals surface area contributed by atoms with Crippen molar-refractivity contribution in [2.45, 2.75) is 25.8 Å². The SMILES string of the molecule is CC(C(=O)N1CCc2nc[nH]c2C1)c1n[nH]c(=O)c2ccccc12. The van der Waals surface area contributed by atoms with Crippen LogP contribution in [0.25, 0.3) is 10.8 Å². The van der Waals surface area contributed by atoms with Crippen molar-refractivity contribution >= 4 is 16.7 Å². The third-order valence-electron chi connectivity index (χ3n) is 4.59. The van der Waals surface area contributed by atoms with Crippen molar-refractivity contribution in [3.05, 3.63) is 58.0 Å². The van der Waals surface area contributed by atoms with E-state index in [9.17, 15) is 9.59 Å². The van der Waals surface area contributed by atoms with Gasteiger partial charge in [0, 0.05) is 18.4 Å². The van der Waals surface area contributed by atoms with Crippen LogP contribution in [-0.2, 0) is 17.8 Å². The van der Waals surface area contributed by atoms with Crippen molar-refractivity contribution in [2.75, 3.05) is 6.54 Å². The molecule has 1 aromatic carbocycles. The Hall–Kier alpha value is -2.96. The number of aromatic nitrogens is 4. The molecule has 1 amide bonds. The van der Waals surface area contributed by atoms with Crippen LogP contribution in [0, 0.1) is 0 Å². The number of hydrogen-bond acceptors (Lipinski definition) is 4. The van der Waals surface area contributed by atoms with Gasteiger partial charge < -0.3 is 9.88 Å². The first kappa shape index (κ1) is 14.6. The van der Waals surface area contributed by atoms with E-state index in [2.05, 4.69) is 20.2 Å². The Morgan fingerprint density at radius 2 is 2.08 bits per heavy atom. The van der Waals surface area contributed by atoms with E-state index >= 15 is 0 Å². The van der Waals surface area contributed by atoms with Gasteiger partial charge in [0.2, 0.25) is 5.91 Å². The monoisotopic (exact) mass is 323 g/mol. The number of aromatic amines is 2. The van der Waals surface area contributed by atoms with Gasteiger partial charge in [0.25, 0.3) is 5.56 Å². The summed E-state index contributed by atoms with van der Waals surface area (Å²) in [6, 6.07) is 7.23. The summed E-state index contributed by atoms with van der Waals surface area (Å²) in [5.41, 5.74) is 2.38. The molecule has 3 heterocycles. The van der Waals surface area contributed by atoms with Crippen LogP contribution < -0.4 is 5.56 Å². The minimum absolute atomic E-state index is 0.0000444. The zero-order valence-electron chi connectivity index (χ0n) is 13.2. The molecule has 2 aromatic heterocycles. The maximum absolute atomic E-state index is 12.9. The molecule has 7 nitrogen and oxygen atoms in total. The van der Waals surface area contributed by atoms with E-state index in [1.54, 1.807) is 18.5 Å². The van der Waals surface area contributed by atoms with Crippen molar-refractivity contribution < 1.29 is 4.79 Å². The van der Waals surface area contributed by atoms with Crippen LogP contribution in [0.4, 0.5) is 0 Å². The van der Waals surface area contributed by atoms with Crippen LogP contribution in [-0.4, -0.2) is 37.5 Å². The van der Waals surface area contributed by atoms with Crippen LogP contribution in [0.1, 0.15) is 29.9 Å². The second kappa shape index (κ2) is 5.59. The Kier molecular flexibility index (Phi) is 3.41. The van der Waals surface area contributed by atoms with E-state index in [0.29, 0.717) is 24.2 Å². The third-order valence-corrected chi connectivity index (χ3v) is 4.59. The molecule has 7 heteroatoms. The Morgan fingerprint density at radius 1 is 1.29 bits per heavy atom. The quantitative estimate of drug-likeness (QED) is 0.744. The zero-order chi connectivity index (χ0) is 16.7. The summed E-state index contributed by atoms with van der Waals surface area (Å²) in [6.45, 7) is 3.00. The average Bonchev–Trinajstić information content (AvgIpc) is 3.09. The average molecular weight is 323 g/mol. The first-order valence-corrected chi connectivity index (χ1v) is 7.92. The molecule has 1 atom stereocenters. The molecule has 0 saturated carbocycles. The highest BCUT2D eigenvalue weighted by Crippen LogP contribution is 2.25. The van der Waals surface area contributed by atoms with E-state index in [-0.39, 0.29) is 11.5 Å². The molecule has 0 spiro atoms. The molecular weight excluding hydrogens is 306 g/mol. The van der Waals surface area contributed by atoms with Crippen LogP contribution in [0.5, 0.6) is 0 Å². The largest absolute Gasteiger partial charge is 0.347 e. The Labute approximate surface area is 137 Å². The van der Waals surface area contributed by atoms with Gasteiger partial charge >= 0.3 is 0 Å². The normalized spacial score (nSPS) is 15.3. The third kappa shape index (κ3) is 2.29. The summed E-state index contributed by atoms with van der Waals surface area (Å²) in [5.74, 6) is -0.434. The molecule has 122 valence electrons. The smallest absolute Gasteiger partial charge is 0.272 e. The van der Waals surface area contributed by atoms with Gasteiger partial charge in [-0.15, -0.1) is 0 Å². The lowest BCUT2D eigenvalue weighted by Crippen LogP contribution is -2.38. The minimum atomic E-state index is -0.434. The maximum Gasteiger partial charge on any atom is 0.272 e. The topological polar surface area (TPSA) is 94.7 Å². The molecular formula is C17H17N5O2. The Balaban J connectivity index is 1.67. The van der Waals surface area contributed by atoms with Gasteiger partial charge in [0.15, 0.2) is 0 Å². The van der Waals surface area contributed by atoms with Gasteiger partial charge in [-0.3, -0.25) is 9.59 Å². The highest BCUT2D eigenvalue weighted by atomic mass is 16.2. The highest BCUT2D eigenvalue weighted by molar-refractivity contribution is 5.91. The molecule has 0 bridgehead atoms. The molecule has 1 aliphatic rings. The molecule has 0 radical (unpaired) electrons. The lowest BCUT2D eigenvalue weighted by molar-refractivity contribution is -0.133. The fraction of sp³-hybridized carbons (Fsp3) is 0.294. The lowest BCUT2D eigenvalue weighted by Gasteiger charge is -2.28. The van der Waals surface area contributed by atoms with Crippen molar-refractivity contribution in [1.82, 2.24) is 25.1 Å². The van der Waals surface area contributed by atoms with Crippen LogP contribution in [0.15, 0.2) is 35.4 Å². The van der Waals surface area contributed by atoms with Crippen LogP contribution in [0.2, 0.25) is 0 Å². The molecule has 3 aromatic rings.